The number of anilines is 1. The zero-order chi connectivity index (χ0) is 13.1. The molecule has 0 radical (unpaired) electrons. The van der Waals surface area contributed by atoms with Crippen LogP contribution in [0.3, 0.4) is 0 Å². The quantitative estimate of drug-likeness (QED) is 0.924. The molecule has 0 aromatic carbocycles. The molecule has 2 unspecified atom stereocenters. The van der Waals surface area contributed by atoms with Gasteiger partial charge in [0.2, 0.25) is 0 Å². The molecular weight excluding hydrogens is 270 g/mol. The van der Waals surface area contributed by atoms with Gasteiger partial charge in [-0.1, -0.05) is 18.5 Å². The summed E-state index contributed by atoms with van der Waals surface area (Å²) in [6.45, 7) is 2.19. The second-order valence-corrected chi connectivity index (χ2v) is 6.49. The van der Waals surface area contributed by atoms with Gasteiger partial charge in [0.25, 0.3) is 5.56 Å². The van der Waals surface area contributed by atoms with E-state index in [1.54, 1.807) is 13.2 Å². The number of halogens is 1. The maximum atomic E-state index is 11.7. The zero-order valence-electron chi connectivity index (χ0n) is 10.6. The van der Waals surface area contributed by atoms with Gasteiger partial charge in [-0.25, -0.2) is 4.68 Å². The molecule has 1 aliphatic carbocycles. The van der Waals surface area contributed by atoms with Gasteiger partial charge in [0.05, 0.1) is 11.9 Å². The lowest BCUT2D eigenvalue weighted by molar-refractivity contribution is 0.701. The summed E-state index contributed by atoms with van der Waals surface area (Å²) >= 11 is 8.04. The molecule has 1 heterocycles. The van der Waals surface area contributed by atoms with Crippen LogP contribution >= 0.6 is 23.4 Å². The average molecular weight is 288 g/mol. The Hall–Kier alpha value is -0.680. The smallest absolute Gasteiger partial charge is 0.287 e. The van der Waals surface area contributed by atoms with Gasteiger partial charge in [-0.05, 0) is 25.0 Å². The summed E-state index contributed by atoms with van der Waals surface area (Å²) < 4.78 is 1.25. The molecule has 0 saturated heterocycles. The molecule has 2 rings (SSSR count). The zero-order valence-corrected chi connectivity index (χ0v) is 12.2. The Morgan fingerprint density at radius 1 is 1.61 bits per heavy atom. The molecule has 0 spiro atoms. The summed E-state index contributed by atoms with van der Waals surface area (Å²) in [6, 6.07) is 0.403. The third-order valence-electron chi connectivity index (χ3n) is 3.22. The maximum Gasteiger partial charge on any atom is 0.287 e. The van der Waals surface area contributed by atoms with Gasteiger partial charge in [0, 0.05) is 18.3 Å². The lowest BCUT2D eigenvalue weighted by Gasteiger charge is -2.15. The molecule has 4 nitrogen and oxygen atoms in total. The van der Waals surface area contributed by atoms with Crippen molar-refractivity contribution in [2.24, 2.45) is 7.05 Å². The monoisotopic (exact) mass is 287 g/mol. The summed E-state index contributed by atoms with van der Waals surface area (Å²) in [7, 11) is 1.60. The van der Waals surface area contributed by atoms with Crippen LogP contribution in [0, 0.1) is 0 Å². The van der Waals surface area contributed by atoms with Gasteiger partial charge >= 0.3 is 0 Å². The van der Waals surface area contributed by atoms with Crippen LogP contribution in [0.4, 0.5) is 5.69 Å². The Kier molecular flexibility index (Phi) is 4.56. The van der Waals surface area contributed by atoms with E-state index in [2.05, 4.69) is 17.3 Å². The molecule has 0 bridgehead atoms. The fraction of sp³-hybridized carbons (Fsp3) is 0.667. The Labute approximate surface area is 116 Å². The molecule has 0 aliphatic heterocycles. The van der Waals surface area contributed by atoms with E-state index in [9.17, 15) is 4.79 Å². The number of rotatable bonds is 4. The molecule has 1 aliphatic rings. The van der Waals surface area contributed by atoms with E-state index in [-0.39, 0.29) is 10.6 Å². The number of hydrogen-bond donors (Lipinski definition) is 1. The second-order valence-electron chi connectivity index (χ2n) is 4.53. The molecule has 1 saturated carbocycles. The van der Waals surface area contributed by atoms with Crippen molar-refractivity contribution in [2.45, 2.75) is 37.5 Å². The number of nitrogens with zero attached hydrogens (tertiary/aromatic N) is 2. The van der Waals surface area contributed by atoms with Crippen LogP contribution < -0.4 is 10.9 Å². The molecule has 1 fully saturated rings. The van der Waals surface area contributed by atoms with E-state index in [1.807, 2.05) is 11.8 Å². The Morgan fingerprint density at radius 3 is 3.11 bits per heavy atom. The highest BCUT2D eigenvalue weighted by molar-refractivity contribution is 7.99. The van der Waals surface area contributed by atoms with Crippen LogP contribution in [0.2, 0.25) is 5.02 Å². The number of aromatic nitrogens is 2. The summed E-state index contributed by atoms with van der Waals surface area (Å²) in [5.41, 5.74) is 0.408. The van der Waals surface area contributed by atoms with E-state index < -0.39 is 0 Å². The van der Waals surface area contributed by atoms with Gasteiger partial charge in [-0.3, -0.25) is 4.79 Å². The number of thioether (sulfide) groups is 1. The third kappa shape index (κ3) is 3.01. The first-order valence-corrected chi connectivity index (χ1v) is 7.64. The summed E-state index contributed by atoms with van der Waals surface area (Å²) in [5, 5.41) is 8.30. The van der Waals surface area contributed by atoms with Crippen molar-refractivity contribution in [2.75, 3.05) is 11.1 Å². The van der Waals surface area contributed by atoms with Gasteiger partial charge in [0.15, 0.2) is 0 Å². The standard InChI is InChI=1S/C12H18ClN3OS/c1-3-18-9-5-4-8(6-9)15-10-7-14-16(2)12(17)11(10)13/h7-9,15H,3-6H2,1-2H3. The summed E-state index contributed by atoms with van der Waals surface area (Å²) in [5.74, 6) is 1.16. The first-order valence-electron chi connectivity index (χ1n) is 6.21. The predicted molar refractivity (Wildman–Crippen MR) is 77.7 cm³/mol. The summed E-state index contributed by atoms with van der Waals surface area (Å²) in [6.07, 6.45) is 5.11. The van der Waals surface area contributed by atoms with Crippen molar-refractivity contribution in [3.05, 3.63) is 21.6 Å². The lowest BCUT2D eigenvalue weighted by atomic mass is 10.2. The Balaban J connectivity index is 2.03. The SMILES string of the molecule is CCSC1CCC(Nc2cnn(C)c(=O)c2Cl)C1. The normalized spacial score (nSPS) is 23.3. The van der Waals surface area contributed by atoms with Gasteiger partial charge in [-0.15, -0.1) is 0 Å². The Bertz CT molecular complexity index is 477. The highest BCUT2D eigenvalue weighted by Crippen LogP contribution is 2.32. The summed E-state index contributed by atoms with van der Waals surface area (Å²) in [4.78, 5) is 11.7. The third-order valence-corrected chi connectivity index (χ3v) is 4.82. The van der Waals surface area contributed by atoms with E-state index in [0.29, 0.717) is 11.7 Å². The van der Waals surface area contributed by atoms with Crippen molar-refractivity contribution in [1.82, 2.24) is 9.78 Å². The highest BCUT2D eigenvalue weighted by Gasteiger charge is 2.25. The Morgan fingerprint density at radius 2 is 2.39 bits per heavy atom. The molecule has 1 N–H and O–H groups in total. The molecule has 1 aromatic rings. The molecule has 100 valence electrons. The predicted octanol–water partition coefficient (Wildman–Crippen LogP) is 2.52. The van der Waals surface area contributed by atoms with Crippen LogP contribution in [-0.2, 0) is 7.05 Å². The molecule has 2 atom stereocenters. The van der Waals surface area contributed by atoms with Crippen LogP contribution in [0.1, 0.15) is 26.2 Å². The number of nitrogens with one attached hydrogen (secondary N) is 1. The molecule has 18 heavy (non-hydrogen) atoms. The number of aryl methyl sites for hydroxylation is 1. The van der Waals surface area contributed by atoms with E-state index in [1.165, 1.54) is 11.1 Å². The minimum absolute atomic E-state index is 0.235. The minimum Gasteiger partial charge on any atom is -0.380 e. The van der Waals surface area contributed by atoms with E-state index in [4.69, 9.17) is 11.6 Å². The van der Waals surface area contributed by atoms with Crippen molar-refractivity contribution in [3.63, 3.8) is 0 Å². The van der Waals surface area contributed by atoms with Crippen LogP contribution in [0.25, 0.3) is 0 Å². The molecule has 0 amide bonds. The van der Waals surface area contributed by atoms with E-state index >= 15 is 0 Å². The second kappa shape index (κ2) is 5.97. The fourth-order valence-electron chi connectivity index (χ4n) is 2.29. The maximum absolute atomic E-state index is 11.7. The topological polar surface area (TPSA) is 46.9 Å². The van der Waals surface area contributed by atoms with E-state index in [0.717, 1.165) is 23.8 Å². The van der Waals surface area contributed by atoms with Gasteiger partial charge < -0.3 is 5.32 Å². The van der Waals surface area contributed by atoms with Crippen molar-refractivity contribution < 1.29 is 0 Å². The lowest BCUT2D eigenvalue weighted by Crippen LogP contribution is -2.24. The van der Waals surface area contributed by atoms with Gasteiger partial charge in [0.1, 0.15) is 5.02 Å². The fourth-order valence-corrected chi connectivity index (χ4v) is 3.66. The van der Waals surface area contributed by atoms with Crippen LogP contribution in [-0.4, -0.2) is 26.8 Å². The molecule has 6 heteroatoms. The largest absolute Gasteiger partial charge is 0.380 e. The van der Waals surface area contributed by atoms with Gasteiger partial charge in [-0.2, -0.15) is 16.9 Å². The highest BCUT2D eigenvalue weighted by atomic mass is 35.5. The number of hydrogen-bond acceptors (Lipinski definition) is 4. The minimum atomic E-state index is -0.251. The molecular formula is C12H18ClN3OS. The molecule has 1 aromatic heterocycles. The van der Waals surface area contributed by atoms with Crippen molar-refractivity contribution in [1.29, 1.82) is 0 Å². The average Bonchev–Trinajstić information content (AvgIpc) is 2.78. The van der Waals surface area contributed by atoms with Crippen LogP contribution in [0.5, 0.6) is 0 Å². The van der Waals surface area contributed by atoms with Crippen LogP contribution in [0.15, 0.2) is 11.0 Å². The van der Waals surface area contributed by atoms with Crippen molar-refractivity contribution in [3.8, 4) is 0 Å². The first-order chi connectivity index (χ1) is 8.61. The van der Waals surface area contributed by atoms with Crippen molar-refractivity contribution >= 4 is 29.1 Å². The first kappa shape index (κ1) is 13.7.